The molecule has 2 saturated carbocycles. The number of carbonyl (C=O) groups excluding carboxylic acids is 4. The summed E-state index contributed by atoms with van der Waals surface area (Å²) in [5, 5.41) is 5.88. The van der Waals surface area contributed by atoms with Crippen molar-refractivity contribution in [3.8, 4) is 17.3 Å². The molecule has 61 heavy (non-hydrogen) atoms. The van der Waals surface area contributed by atoms with Gasteiger partial charge in [0.1, 0.15) is 34.8 Å². The number of thiazole rings is 1. The second-order valence-corrected chi connectivity index (χ2v) is 21.0. The van der Waals surface area contributed by atoms with E-state index in [1.165, 1.54) is 10.3 Å². The van der Waals surface area contributed by atoms with Gasteiger partial charge in [0.2, 0.25) is 21.8 Å². The van der Waals surface area contributed by atoms with E-state index in [0.717, 1.165) is 6.42 Å². The molecule has 4 heterocycles. The smallest absolute Gasteiger partial charge is 0.443 e. The molecular weight excluding hydrogens is 840 g/mol. The van der Waals surface area contributed by atoms with Gasteiger partial charge in [-0.05, 0) is 86.1 Å². The number of amides is 4. The lowest BCUT2D eigenvalue weighted by atomic mass is 10.0. The van der Waals surface area contributed by atoms with Gasteiger partial charge in [-0.3, -0.25) is 23.7 Å². The monoisotopic (exact) mass is 891 g/mol. The third-order valence-corrected chi connectivity index (χ3v) is 14.7. The molecule has 1 saturated heterocycles. The van der Waals surface area contributed by atoms with Crippen molar-refractivity contribution in [2.45, 2.75) is 146 Å². The number of rotatable bonds is 8. The number of sulfonamides is 1. The van der Waals surface area contributed by atoms with Gasteiger partial charge in [0.05, 0.1) is 22.5 Å². The van der Waals surface area contributed by atoms with Crippen LogP contribution < -0.4 is 20.1 Å². The van der Waals surface area contributed by atoms with Gasteiger partial charge >= 0.3 is 12.3 Å². The van der Waals surface area contributed by atoms with Gasteiger partial charge in [0.15, 0.2) is 5.01 Å². The second kappa shape index (κ2) is 16.2. The molecule has 3 aromatic rings. The predicted octanol–water partition coefficient (Wildman–Crippen LogP) is 6.39. The molecule has 15 nitrogen and oxygen atoms in total. The Bertz CT molecular complexity index is 2350. The van der Waals surface area contributed by atoms with E-state index in [-0.39, 0.29) is 43.6 Å². The highest BCUT2D eigenvalue weighted by Crippen LogP contribution is 2.48. The molecule has 0 unspecified atom stereocenters. The summed E-state index contributed by atoms with van der Waals surface area (Å²) >= 11 is 0.474. The number of benzene rings is 1. The van der Waals surface area contributed by atoms with Crippen molar-refractivity contribution in [2.75, 3.05) is 6.54 Å². The van der Waals surface area contributed by atoms with Crippen LogP contribution in [0.25, 0.3) is 22.3 Å². The number of alkyl halides is 3. The molecule has 0 radical (unpaired) electrons. The van der Waals surface area contributed by atoms with E-state index in [1.54, 1.807) is 50.5 Å². The zero-order valence-electron chi connectivity index (χ0n) is 34.9. The van der Waals surface area contributed by atoms with Gasteiger partial charge in [0, 0.05) is 29.3 Å². The molecule has 1 aromatic carbocycles. The Morgan fingerprint density at radius 3 is 2.48 bits per heavy atom. The first kappa shape index (κ1) is 44.3. The molecule has 7 rings (SSSR count). The normalized spacial score (nSPS) is 26.4. The number of carbonyl (C=O) groups is 4. The third-order valence-electron chi connectivity index (χ3n) is 11.7. The van der Waals surface area contributed by atoms with Crippen LogP contribution in [-0.2, 0) is 35.3 Å². The van der Waals surface area contributed by atoms with E-state index in [0.29, 0.717) is 60.0 Å². The Labute approximate surface area is 356 Å². The molecule has 2 aliphatic carbocycles. The predicted molar refractivity (Wildman–Crippen MR) is 220 cm³/mol. The molecule has 0 bridgehead atoms. The third kappa shape index (κ3) is 9.25. The number of imidazole rings is 1. The van der Waals surface area contributed by atoms with Crippen molar-refractivity contribution < 1.29 is 50.2 Å². The zero-order chi connectivity index (χ0) is 44.3. The molecule has 0 spiro atoms. The van der Waals surface area contributed by atoms with E-state index in [1.807, 2.05) is 26.0 Å². The van der Waals surface area contributed by atoms with Crippen molar-refractivity contribution in [1.82, 2.24) is 34.8 Å². The van der Waals surface area contributed by atoms with Crippen LogP contribution in [0.3, 0.4) is 0 Å². The van der Waals surface area contributed by atoms with Crippen molar-refractivity contribution in [3.63, 3.8) is 0 Å². The number of hydrogen-bond donors (Lipinski definition) is 3. The first-order chi connectivity index (χ1) is 28.5. The van der Waals surface area contributed by atoms with Crippen LogP contribution in [0.1, 0.15) is 110 Å². The lowest BCUT2D eigenvalue weighted by Crippen LogP contribution is -2.58. The molecule has 4 aliphatic rings. The van der Waals surface area contributed by atoms with E-state index in [9.17, 15) is 40.8 Å². The SMILES string of the molecule is CC(C)n1c(O[C@@H]2C[C@H]3C(=O)N[C@]4(C(=O)NS(=O)(=O)C5(C)CC5)C[C@H]4/C=C\CCCCC[C@H](NC(=O)OC(C)(C)C)C(=O)N3C2)nc2c(-c3csc(C(F)(F)F)n3)cccc21. The zero-order valence-corrected chi connectivity index (χ0v) is 36.6. The van der Waals surface area contributed by atoms with Crippen LogP contribution in [0.2, 0.25) is 0 Å². The van der Waals surface area contributed by atoms with Gasteiger partial charge in [-0.25, -0.2) is 18.2 Å². The minimum absolute atomic E-state index is 0.0828. The average Bonchev–Trinajstić information content (AvgIpc) is 3.81. The van der Waals surface area contributed by atoms with Crippen LogP contribution in [0.4, 0.5) is 18.0 Å². The van der Waals surface area contributed by atoms with E-state index in [4.69, 9.17) is 14.5 Å². The molecule has 3 N–H and O–H groups in total. The van der Waals surface area contributed by atoms with Crippen LogP contribution in [-0.4, -0.2) is 92.3 Å². The maximum atomic E-state index is 14.7. The fraction of sp³-hybridized carbons (Fsp3) is 0.610. The fourth-order valence-corrected chi connectivity index (χ4v) is 9.96. The van der Waals surface area contributed by atoms with Crippen LogP contribution in [0, 0.1) is 5.92 Å². The van der Waals surface area contributed by atoms with Gasteiger partial charge in [0.25, 0.3) is 11.9 Å². The van der Waals surface area contributed by atoms with Gasteiger partial charge in [-0.2, -0.15) is 18.2 Å². The molecule has 332 valence electrons. The second-order valence-electron chi connectivity index (χ2n) is 18.0. The molecule has 4 amide bonds. The number of fused-ring (bicyclic) bond motifs is 3. The maximum absolute atomic E-state index is 14.7. The fourth-order valence-electron chi connectivity index (χ4n) is 7.96. The van der Waals surface area contributed by atoms with Crippen LogP contribution >= 0.6 is 11.3 Å². The van der Waals surface area contributed by atoms with Crippen molar-refractivity contribution >= 4 is 56.2 Å². The number of nitrogens with zero attached hydrogens (tertiary/aromatic N) is 4. The van der Waals surface area contributed by atoms with Crippen molar-refractivity contribution in [1.29, 1.82) is 0 Å². The number of ether oxygens (including phenoxy) is 2. The molecule has 5 atom stereocenters. The highest BCUT2D eigenvalue weighted by Gasteiger charge is 2.63. The number of para-hydroxylation sites is 1. The summed E-state index contributed by atoms with van der Waals surface area (Å²) in [4.78, 5) is 66.2. The molecule has 2 aromatic heterocycles. The summed E-state index contributed by atoms with van der Waals surface area (Å²) in [6.45, 7) is 10.2. The molecular formula is C41H52F3N7O8S2. The van der Waals surface area contributed by atoms with Gasteiger partial charge < -0.3 is 25.0 Å². The highest BCUT2D eigenvalue weighted by molar-refractivity contribution is 7.91. The highest BCUT2D eigenvalue weighted by atomic mass is 32.2. The average molecular weight is 892 g/mol. The summed E-state index contributed by atoms with van der Waals surface area (Å²) in [6.07, 6.45) is 1.15. The summed E-state index contributed by atoms with van der Waals surface area (Å²) in [7, 11) is -4.05. The Morgan fingerprint density at radius 1 is 1.08 bits per heavy atom. The van der Waals surface area contributed by atoms with E-state index >= 15 is 0 Å². The quantitative estimate of drug-likeness (QED) is 0.214. The molecule has 2 aliphatic heterocycles. The lowest BCUT2D eigenvalue weighted by Gasteiger charge is -2.30. The number of nitrogens with one attached hydrogen (secondary N) is 3. The Hall–Kier alpha value is -4.72. The van der Waals surface area contributed by atoms with Gasteiger partial charge in [-0.15, -0.1) is 11.3 Å². The van der Waals surface area contributed by atoms with E-state index in [2.05, 4.69) is 20.3 Å². The molecule has 20 heteroatoms. The van der Waals surface area contributed by atoms with Crippen molar-refractivity contribution in [3.05, 3.63) is 40.7 Å². The molecule has 3 fully saturated rings. The first-order valence-corrected chi connectivity index (χ1v) is 22.9. The summed E-state index contributed by atoms with van der Waals surface area (Å²) in [6, 6.07) is 2.56. The summed E-state index contributed by atoms with van der Waals surface area (Å²) in [5.41, 5.74) is -1.13. The largest absolute Gasteiger partial charge is 0.459 e. The standard InChI is InChI=1S/C41H52F3N7O8S2/c1-23(2)51-29-16-12-14-26(28-22-60-35(45-28)41(42,43)44)31(29)47-36(51)58-25-19-30-32(52)48-40(34(54)49-61(56,57)39(6)17-18-39)20-24(40)13-10-8-7-9-11-15-27(33(53)50(30)21-25)46-37(55)59-38(3,4)5/h10,12-14,16,22-25,27,30H,7-9,11,15,17-21H2,1-6H3,(H,46,55)(H,48,52)(H,49,54)/b13-10-/t24-,25-,27+,30+,40-/m1/s1. The Balaban J connectivity index is 1.23. The number of halogens is 3. The van der Waals surface area contributed by atoms with Crippen LogP contribution in [0.15, 0.2) is 35.7 Å². The maximum Gasteiger partial charge on any atom is 0.443 e. The van der Waals surface area contributed by atoms with Gasteiger partial charge in [-0.1, -0.05) is 37.1 Å². The number of aromatic nitrogens is 3. The minimum Gasteiger partial charge on any atom is -0.459 e. The Kier molecular flexibility index (Phi) is 11.8. The lowest BCUT2D eigenvalue weighted by molar-refractivity contribution is -0.141. The van der Waals surface area contributed by atoms with Crippen molar-refractivity contribution in [2.24, 2.45) is 5.92 Å². The number of hydrogen-bond acceptors (Lipinski definition) is 11. The Morgan fingerprint density at radius 2 is 1.82 bits per heavy atom. The minimum atomic E-state index is -4.62. The summed E-state index contributed by atoms with van der Waals surface area (Å²) in [5.74, 6) is -2.66. The summed E-state index contributed by atoms with van der Waals surface area (Å²) < 4.78 is 82.0. The number of alkyl carbamates (subject to hydrolysis) is 1. The number of allylic oxidation sites excluding steroid dienone is 1. The first-order valence-electron chi connectivity index (χ1n) is 20.6. The van der Waals surface area contributed by atoms with E-state index < -0.39 is 85.0 Å². The topological polar surface area (TPSA) is 191 Å². The van der Waals surface area contributed by atoms with Crippen LogP contribution in [0.5, 0.6) is 6.01 Å².